The number of nitrogens with zero attached hydrogens (tertiary/aromatic N) is 1. The topological polar surface area (TPSA) is 124 Å². The van der Waals surface area contributed by atoms with Gasteiger partial charge in [-0.15, -0.1) is 0 Å². The summed E-state index contributed by atoms with van der Waals surface area (Å²) in [4.78, 5) is 24.9. The minimum atomic E-state index is -6.34. The fourth-order valence-electron chi connectivity index (χ4n) is 3.68. The summed E-state index contributed by atoms with van der Waals surface area (Å²) >= 11 is 0. The molecule has 0 saturated carbocycles. The average Bonchev–Trinajstić information content (AvgIpc) is 3.10. The highest BCUT2D eigenvalue weighted by molar-refractivity contribution is 7.90. The molecule has 0 spiro atoms. The summed E-state index contributed by atoms with van der Waals surface area (Å²) in [7, 11) is -3.68. The van der Waals surface area contributed by atoms with Crippen molar-refractivity contribution in [3.8, 4) is 0 Å². The van der Waals surface area contributed by atoms with Crippen molar-refractivity contribution in [3.05, 3.63) is 58.9 Å². The lowest BCUT2D eigenvalue weighted by atomic mass is 9.91. The highest BCUT2D eigenvalue weighted by Crippen LogP contribution is 2.51. The highest BCUT2D eigenvalue weighted by Gasteiger charge is 2.72. The molecule has 0 aliphatic carbocycles. The zero-order chi connectivity index (χ0) is 27.4. The summed E-state index contributed by atoms with van der Waals surface area (Å²) in [5.74, 6) is -3.30. The molecule has 8 nitrogen and oxygen atoms in total. The lowest BCUT2D eigenvalue weighted by Gasteiger charge is -2.33. The summed E-state index contributed by atoms with van der Waals surface area (Å²) < 4.78 is 116. The molecule has 196 valence electrons. The van der Waals surface area contributed by atoms with E-state index in [9.17, 15) is 59.0 Å². The Hall–Kier alpha value is -3.40. The molecule has 1 atom stereocenters. The van der Waals surface area contributed by atoms with E-state index in [4.69, 9.17) is 0 Å². The Morgan fingerprint density at radius 1 is 1.03 bits per heavy atom. The van der Waals surface area contributed by atoms with E-state index in [1.807, 2.05) is 5.32 Å². The van der Waals surface area contributed by atoms with Crippen LogP contribution in [0, 0.1) is 5.82 Å². The number of anilines is 1. The van der Waals surface area contributed by atoms with Crippen LogP contribution in [0.15, 0.2) is 41.3 Å². The Morgan fingerprint density at radius 3 is 2.08 bits per heavy atom. The Morgan fingerprint density at radius 2 is 1.61 bits per heavy atom. The predicted molar refractivity (Wildman–Crippen MR) is 107 cm³/mol. The van der Waals surface area contributed by atoms with E-state index >= 15 is 0 Å². The molecule has 0 radical (unpaired) electrons. The van der Waals surface area contributed by atoms with E-state index < -0.39 is 69.4 Å². The number of carbonyl (C=O) groups excluding carboxylic acids is 1. The van der Waals surface area contributed by atoms with Gasteiger partial charge in [-0.05, 0) is 35.4 Å². The van der Waals surface area contributed by atoms with E-state index in [0.29, 0.717) is 11.0 Å². The summed E-state index contributed by atoms with van der Waals surface area (Å²) in [6.07, 6.45) is -13.4. The number of carbonyl (C=O) groups is 2. The maximum absolute atomic E-state index is 14.4. The van der Waals surface area contributed by atoms with Crippen LogP contribution in [-0.4, -0.2) is 54.1 Å². The maximum Gasteiger partial charge on any atom is 0.430 e. The van der Waals surface area contributed by atoms with Crippen molar-refractivity contribution in [2.75, 3.05) is 11.6 Å². The van der Waals surface area contributed by atoms with Crippen molar-refractivity contribution in [1.82, 2.24) is 4.90 Å². The second-order valence-electron chi connectivity index (χ2n) is 7.84. The van der Waals surface area contributed by atoms with Crippen LogP contribution in [0.1, 0.15) is 22.7 Å². The van der Waals surface area contributed by atoms with Gasteiger partial charge in [-0.3, -0.25) is 9.69 Å². The Bertz CT molecular complexity index is 1330. The van der Waals surface area contributed by atoms with Gasteiger partial charge < -0.3 is 15.5 Å². The zero-order valence-corrected chi connectivity index (χ0v) is 18.6. The third-order valence-corrected chi connectivity index (χ3v) is 6.54. The van der Waals surface area contributed by atoms with Crippen LogP contribution in [0.25, 0.3) is 0 Å². The quantitative estimate of drug-likeness (QED) is 0.505. The van der Waals surface area contributed by atoms with E-state index in [0.717, 1.165) is 18.4 Å². The van der Waals surface area contributed by atoms with E-state index in [1.165, 1.54) is 6.07 Å². The molecule has 2 amide bonds. The third kappa shape index (κ3) is 4.57. The Labute approximate surface area is 197 Å². The number of sulfone groups is 1. The molecule has 3 N–H and O–H groups in total. The molecule has 1 heterocycles. The Balaban J connectivity index is 1.97. The first-order valence-electron chi connectivity index (χ1n) is 9.58. The molecule has 0 aromatic heterocycles. The van der Waals surface area contributed by atoms with Crippen molar-refractivity contribution in [1.29, 1.82) is 0 Å². The molecular weight excluding hydrogens is 529 g/mol. The summed E-state index contributed by atoms with van der Waals surface area (Å²) in [5.41, 5.74) is -8.12. The van der Waals surface area contributed by atoms with Gasteiger partial charge in [-0.1, -0.05) is 12.1 Å². The monoisotopic (exact) mass is 544 g/mol. The SMILES string of the molecule is CS(=O)(=O)c1ccc2c(c1)CN(C(=O)O)C2C(=O)Nc1ccc(C(O)(C(F)(F)F)C(F)(F)F)c(F)c1. The number of fused-ring (bicyclic) bond motifs is 1. The van der Waals surface area contributed by atoms with Crippen LogP contribution in [0.3, 0.4) is 0 Å². The van der Waals surface area contributed by atoms with E-state index in [2.05, 4.69) is 0 Å². The molecular formula is C20H15F7N2O6S. The number of halogens is 7. The molecule has 0 bridgehead atoms. The lowest BCUT2D eigenvalue weighted by Crippen LogP contribution is -2.54. The van der Waals surface area contributed by atoms with Crippen molar-refractivity contribution in [3.63, 3.8) is 0 Å². The number of hydrogen-bond acceptors (Lipinski definition) is 5. The van der Waals surface area contributed by atoms with Crippen molar-refractivity contribution in [2.24, 2.45) is 0 Å². The second-order valence-corrected chi connectivity index (χ2v) is 9.85. The number of aliphatic hydroxyl groups is 1. The van der Waals surface area contributed by atoms with Gasteiger partial charge in [-0.25, -0.2) is 17.6 Å². The van der Waals surface area contributed by atoms with Gasteiger partial charge in [0.05, 0.1) is 11.4 Å². The summed E-state index contributed by atoms with van der Waals surface area (Å²) in [6, 6.07) is 2.39. The van der Waals surface area contributed by atoms with Crippen molar-refractivity contribution >= 4 is 27.5 Å². The summed E-state index contributed by atoms with van der Waals surface area (Å²) in [5, 5.41) is 20.8. The fourth-order valence-corrected chi connectivity index (χ4v) is 4.35. The van der Waals surface area contributed by atoms with Crippen LogP contribution in [0.5, 0.6) is 0 Å². The lowest BCUT2D eigenvalue weighted by molar-refractivity contribution is -0.377. The van der Waals surface area contributed by atoms with Gasteiger partial charge in [0.15, 0.2) is 9.84 Å². The third-order valence-electron chi connectivity index (χ3n) is 5.43. The van der Waals surface area contributed by atoms with Crippen molar-refractivity contribution < 1.29 is 59.0 Å². The molecule has 0 fully saturated rings. The molecule has 1 unspecified atom stereocenters. The molecule has 2 aromatic rings. The van der Waals surface area contributed by atoms with Gasteiger partial charge in [0.2, 0.25) is 0 Å². The number of rotatable bonds is 4. The molecule has 2 aromatic carbocycles. The van der Waals surface area contributed by atoms with Crippen LogP contribution < -0.4 is 5.32 Å². The van der Waals surface area contributed by atoms with Gasteiger partial charge >= 0.3 is 18.4 Å². The fraction of sp³-hybridized carbons (Fsp3) is 0.300. The average molecular weight is 544 g/mol. The van der Waals surface area contributed by atoms with Crippen LogP contribution in [0.4, 0.5) is 41.2 Å². The van der Waals surface area contributed by atoms with Crippen LogP contribution >= 0.6 is 0 Å². The first-order chi connectivity index (χ1) is 16.3. The second kappa shape index (κ2) is 8.62. The maximum atomic E-state index is 14.4. The first-order valence-corrected chi connectivity index (χ1v) is 11.5. The van der Waals surface area contributed by atoms with Crippen LogP contribution in [0.2, 0.25) is 0 Å². The Kier molecular flexibility index (Phi) is 6.51. The molecule has 1 aliphatic rings. The molecule has 16 heteroatoms. The summed E-state index contributed by atoms with van der Waals surface area (Å²) in [6.45, 7) is -0.413. The number of carboxylic acid groups (broad SMARTS) is 1. The minimum absolute atomic E-state index is 0.0120. The zero-order valence-electron chi connectivity index (χ0n) is 17.8. The van der Waals surface area contributed by atoms with E-state index in [-0.39, 0.29) is 28.2 Å². The molecule has 36 heavy (non-hydrogen) atoms. The first kappa shape index (κ1) is 27.2. The molecule has 1 aliphatic heterocycles. The largest absolute Gasteiger partial charge is 0.465 e. The normalized spacial score (nSPS) is 16.6. The minimum Gasteiger partial charge on any atom is -0.465 e. The number of nitrogens with one attached hydrogen (secondary N) is 1. The van der Waals surface area contributed by atoms with Crippen molar-refractivity contribution in [2.45, 2.75) is 35.4 Å². The standard InChI is InChI=1S/C20H15F7N2O6S/c1-36(34,35)11-3-4-12-9(6-11)8-29(17(31)32)15(12)16(30)28-10-2-5-13(14(21)7-10)18(33,19(22,23)24)20(25,26)27/h2-7,15,33H,8H2,1H3,(H,28,30)(H,31,32). The highest BCUT2D eigenvalue weighted by atomic mass is 32.2. The van der Waals surface area contributed by atoms with Gasteiger partial charge in [0.25, 0.3) is 11.5 Å². The van der Waals surface area contributed by atoms with Gasteiger partial charge in [0, 0.05) is 17.5 Å². The number of amides is 2. The number of hydrogen-bond donors (Lipinski definition) is 3. The predicted octanol–water partition coefficient (Wildman–Crippen LogP) is 3.71. The molecule has 3 rings (SSSR count). The molecule has 0 saturated heterocycles. The smallest absolute Gasteiger partial charge is 0.430 e. The number of benzene rings is 2. The van der Waals surface area contributed by atoms with E-state index in [1.54, 1.807) is 0 Å². The van der Waals surface area contributed by atoms with Gasteiger partial charge in [-0.2, -0.15) is 26.3 Å². The number of alkyl halides is 6. The van der Waals surface area contributed by atoms with Gasteiger partial charge in [0.1, 0.15) is 11.9 Å². The van der Waals surface area contributed by atoms with Crippen LogP contribution in [-0.2, 0) is 26.8 Å².